The molecule has 0 atom stereocenters. The molecule has 0 spiro atoms. The summed E-state index contributed by atoms with van der Waals surface area (Å²) >= 11 is 0. The first-order valence-electron chi connectivity index (χ1n) is 12.0. The molecule has 3 rings (SSSR count). The molecule has 2 amide bonds. The Morgan fingerprint density at radius 2 is 1.35 bits per heavy atom. The summed E-state index contributed by atoms with van der Waals surface area (Å²) in [6.45, 7) is 15.7. The van der Waals surface area contributed by atoms with E-state index in [2.05, 4.69) is 47.1 Å². The summed E-state index contributed by atoms with van der Waals surface area (Å²) in [6, 6.07) is 1.81. The van der Waals surface area contributed by atoms with Crippen molar-refractivity contribution in [2.24, 2.45) is 0 Å². The van der Waals surface area contributed by atoms with Crippen LogP contribution in [0.1, 0.15) is 26.2 Å². The maximum Gasteiger partial charge on any atom is 0.314 e. The largest absolute Gasteiger partial charge is 0.338 e. The minimum Gasteiger partial charge on any atom is -0.338 e. The normalized spacial score (nSPS) is 18.8. The molecule has 31 heavy (non-hydrogen) atoms. The van der Waals surface area contributed by atoms with Crippen LogP contribution in [-0.2, 0) is 0 Å². The van der Waals surface area contributed by atoms with E-state index in [-0.39, 0.29) is 6.03 Å². The van der Waals surface area contributed by atoms with Crippen LogP contribution in [0.2, 0.25) is 0 Å². The quantitative estimate of drug-likeness (QED) is 0.499. The fraction of sp³-hybridized carbons (Fsp3) is 0.773. The Bertz CT molecular complexity index is 615. The third-order valence-electron chi connectivity index (χ3n) is 6.24. The van der Waals surface area contributed by atoms with Gasteiger partial charge in [0.1, 0.15) is 0 Å². The van der Waals surface area contributed by atoms with Gasteiger partial charge in [0.05, 0.1) is 0 Å². The second kappa shape index (κ2) is 13.4. The molecule has 2 fully saturated rings. The monoisotopic (exact) mass is 432 g/mol. The van der Waals surface area contributed by atoms with E-state index in [0.717, 1.165) is 84.1 Å². The highest BCUT2D eigenvalue weighted by Gasteiger charge is 2.18. The molecule has 0 aliphatic carbocycles. The van der Waals surface area contributed by atoms with Gasteiger partial charge in [-0.25, -0.2) is 14.8 Å². The van der Waals surface area contributed by atoms with E-state index in [9.17, 15) is 4.79 Å². The molecule has 0 aromatic carbocycles. The fourth-order valence-electron chi connectivity index (χ4n) is 4.18. The average Bonchev–Trinajstić information content (AvgIpc) is 2.83. The lowest BCUT2D eigenvalue weighted by atomic mass is 10.2. The van der Waals surface area contributed by atoms with Crippen LogP contribution in [0.3, 0.4) is 0 Å². The number of carbonyl (C=O) groups excluding carboxylic acids is 1. The van der Waals surface area contributed by atoms with Gasteiger partial charge in [0.25, 0.3) is 0 Å². The van der Waals surface area contributed by atoms with Crippen molar-refractivity contribution in [3.63, 3.8) is 0 Å². The van der Waals surface area contributed by atoms with E-state index >= 15 is 0 Å². The molecule has 9 heteroatoms. The summed E-state index contributed by atoms with van der Waals surface area (Å²) < 4.78 is 0. The van der Waals surface area contributed by atoms with E-state index in [1.165, 1.54) is 26.2 Å². The summed E-state index contributed by atoms with van der Waals surface area (Å²) in [6.07, 6.45) is 6.74. The molecule has 9 nitrogen and oxygen atoms in total. The lowest BCUT2D eigenvalue weighted by molar-refractivity contribution is 0.135. The van der Waals surface area contributed by atoms with Crippen molar-refractivity contribution in [1.29, 1.82) is 0 Å². The van der Waals surface area contributed by atoms with Crippen molar-refractivity contribution < 1.29 is 4.79 Å². The molecule has 1 aromatic rings. The number of urea groups is 1. The van der Waals surface area contributed by atoms with Gasteiger partial charge in [-0.15, -0.1) is 0 Å². The number of hydrogen-bond donors (Lipinski definition) is 2. The van der Waals surface area contributed by atoms with Gasteiger partial charge < -0.3 is 25.3 Å². The molecule has 2 aliphatic heterocycles. The van der Waals surface area contributed by atoms with Crippen LogP contribution in [0.25, 0.3) is 0 Å². The average molecular weight is 433 g/mol. The topological polar surface area (TPSA) is 79.9 Å². The highest BCUT2D eigenvalue weighted by molar-refractivity contribution is 5.73. The SMILES string of the molecule is CCN1CCN(CCCCNC(=O)NCCCN2CCN(c3ncccn3)CC2)CC1. The van der Waals surface area contributed by atoms with Crippen molar-refractivity contribution in [1.82, 2.24) is 35.3 Å². The number of unbranched alkanes of at least 4 members (excludes halogenated alkanes) is 1. The minimum atomic E-state index is -0.0393. The van der Waals surface area contributed by atoms with Crippen molar-refractivity contribution >= 4 is 12.0 Å². The molecular weight excluding hydrogens is 392 g/mol. The number of anilines is 1. The molecule has 1 aromatic heterocycles. The smallest absolute Gasteiger partial charge is 0.314 e. The molecule has 0 bridgehead atoms. The third-order valence-corrected chi connectivity index (χ3v) is 6.24. The molecular formula is C22H40N8O. The van der Waals surface area contributed by atoms with Gasteiger partial charge in [-0.2, -0.15) is 0 Å². The highest BCUT2D eigenvalue weighted by atomic mass is 16.2. The second-order valence-electron chi connectivity index (χ2n) is 8.40. The van der Waals surface area contributed by atoms with Crippen LogP contribution >= 0.6 is 0 Å². The van der Waals surface area contributed by atoms with Crippen molar-refractivity contribution in [2.75, 3.05) is 90.0 Å². The summed E-state index contributed by atoms with van der Waals surface area (Å²) in [5.41, 5.74) is 0. The van der Waals surface area contributed by atoms with Crippen LogP contribution < -0.4 is 15.5 Å². The lowest BCUT2D eigenvalue weighted by Gasteiger charge is -2.34. The molecule has 0 unspecified atom stereocenters. The Morgan fingerprint density at radius 1 is 0.806 bits per heavy atom. The number of piperazine rings is 2. The molecule has 2 aliphatic rings. The molecule has 174 valence electrons. The summed E-state index contributed by atoms with van der Waals surface area (Å²) in [5.74, 6) is 0.819. The Morgan fingerprint density at radius 3 is 2.00 bits per heavy atom. The van der Waals surface area contributed by atoms with Crippen molar-refractivity contribution in [2.45, 2.75) is 26.2 Å². The van der Waals surface area contributed by atoms with Crippen molar-refractivity contribution in [3.8, 4) is 0 Å². The number of likely N-dealkylation sites (N-methyl/N-ethyl adjacent to an activating group) is 1. The van der Waals surface area contributed by atoms with E-state index in [1.807, 2.05) is 6.07 Å². The van der Waals surface area contributed by atoms with E-state index in [4.69, 9.17) is 0 Å². The number of amides is 2. The maximum atomic E-state index is 12.0. The molecule has 3 heterocycles. The van der Waals surface area contributed by atoms with Crippen LogP contribution in [0.4, 0.5) is 10.7 Å². The minimum absolute atomic E-state index is 0.0393. The van der Waals surface area contributed by atoms with E-state index in [1.54, 1.807) is 12.4 Å². The molecule has 0 radical (unpaired) electrons. The summed E-state index contributed by atoms with van der Waals surface area (Å²) in [7, 11) is 0. The molecule has 2 N–H and O–H groups in total. The number of hydrogen-bond acceptors (Lipinski definition) is 7. The van der Waals surface area contributed by atoms with Crippen LogP contribution in [-0.4, -0.2) is 116 Å². The van der Waals surface area contributed by atoms with Crippen LogP contribution in [0.5, 0.6) is 0 Å². The van der Waals surface area contributed by atoms with Crippen LogP contribution in [0, 0.1) is 0 Å². The Hall–Kier alpha value is -1.97. The third kappa shape index (κ3) is 8.59. The van der Waals surface area contributed by atoms with Crippen LogP contribution in [0.15, 0.2) is 18.5 Å². The van der Waals surface area contributed by atoms with Gasteiger partial charge in [-0.3, -0.25) is 4.90 Å². The van der Waals surface area contributed by atoms with Gasteiger partial charge in [0.15, 0.2) is 0 Å². The zero-order chi connectivity index (χ0) is 21.7. The molecule has 2 saturated heterocycles. The van der Waals surface area contributed by atoms with Gasteiger partial charge in [0, 0.05) is 77.8 Å². The van der Waals surface area contributed by atoms with E-state index < -0.39 is 0 Å². The number of nitrogens with one attached hydrogen (secondary N) is 2. The Balaban J connectivity index is 1.14. The number of carbonyl (C=O) groups is 1. The number of aromatic nitrogens is 2. The first kappa shape index (κ1) is 23.7. The predicted molar refractivity (Wildman–Crippen MR) is 124 cm³/mol. The summed E-state index contributed by atoms with van der Waals surface area (Å²) in [4.78, 5) is 30.3. The Kier molecular flexibility index (Phi) is 10.3. The first-order chi connectivity index (χ1) is 15.2. The van der Waals surface area contributed by atoms with Gasteiger partial charge in [-0.1, -0.05) is 6.92 Å². The second-order valence-corrected chi connectivity index (χ2v) is 8.40. The zero-order valence-electron chi connectivity index (χ0n) is 19.1. The fourth-order valence-corrected chi connectivity index (χ4v) is 4.18. The number of rotatable bonds is 11. The van der Waals surface area contributed by atoms with Gasteiger partial charge in [-0.05, 0) is 45.0 Å². The summed E-state index contributed by atoms with van der Waals surface area (Å²) in [5, 5.41) is 5.97. The standard InChI is InChI=1S/C22H40N8O/c1-2-27-13-15-28(16-14-27)11-4-3-7-25-22(31)26-10-6-12-29-17-19-30(20-18-29)21-23-8-5-9-24-21/h5,8-9H,2-4,6-7,10-20H2,1H3,(H2,25,26,31). The lowest BCUT2D eigenvalue weighted by Crippen LogP contribution is -2.47. The predicted octanol–water partition coefficient (Wildman–Crippen LogP) is 0.706. The highest BCUT2D eigenvalue weighted by Crippen LogP contribution is 2.09. The van der Waals surface area contributed by atoms with Crippen molar-refractivity contribution in [3.05, 3.63) is 18.5 Å². The van der Waals surface area contributed by atoms with Gasteiger partial charge >= 0.3 is 6.03 Å². The number of nitrogens with zero attached hydrogens (tertiary/aromatic N) is 6. The molecule has 0 saturated carbocycles. The Labute approximate surface area is 187 Å². The maximum absolute atomic E-state index is 12.0. The van der Waals surface area contributed by atoms with Gasteiger partial charge in [0.2, 0.25) is 5.95 Å². The first-order valence-corrected chi connectivity index (χ1v) is 12.0. The zero-order valence-corrected chi connectivity index (χ0v) is 19.1. The van der Waals surface area contributed by atoms with E-state index in [0.29, 0.717) is 0 Å².